The lowest BCUT2D eigenvalue weighted by Crippen LogP contribution is -2.41. The first-order chi connectivity index (χ1) is 12.2. The molecule has 2 rings (SSSR count). The monoisotopic (exact) mass is 377 g/mol. The molecule has 0 aliphatic carbocycles. The summed E-state index contributed by atoms with van der Waals surface area (Å²) >= 11 is 0. The van der Waals surface area contributed by atoms with Gasteiger partial charge in [-0.25, -0.2) is 8.42 Å². The Kier molecular flexibility index (Phi) is 6.12. The highest BCUT2D eigenvalue weighted by Crippen LogP contribution is 2.30. The number of carbonyl (C=O) groups excluding carboxylic acids is 1. The summed E-state index contributed by atoms with van der Waals surface area (Å²) in [7, 11) is -4.28. The van der Waals surface area contributed by atoms with Gasteiger partial charge < -0.3 is 14.6 Å². The average molecular weight is 377 g/mol. The van der Waals surface area contributed by atoms with Crippen molar-refractivity contribution in [2.24, 2.45) is 0 Å². The van der Waals surface area contributed by atoms with Crippen molar-refractivity contribution in [3.63, 3.8) is 0 Å². The minimum absolute atomic E-state index is 0.00939. The van der Waals surface area contributed by atoms with Gasteiger partial charge in [0.05, 0.1) is 0 Å². The standard InChI is InChI=1S/C18H19NO6S/c1-12(2)13-6-5-7-14(10-13)25-16-8-3-4-9-17(16)26(23,24)19-15(11-20)18(21)22/h3-12,15,19H,1-2H3,(H,21,22)/t15-/m1/s1. The number of nitrogens with one attached hydrogen (secondary N) is 1. The summed E-state index contributed by atoms with van der Waals surface area (Å²) < 4.78 is 32.5. The second-order valence-corrected chi connectivity index (χ2v) is 7.53. The predicted octanol–water partition coefficient (Wildman–Crippen LogP) is 2.53. The molecule has 1 atom stereocenters. The fourth-order valence-electron chi connectivity index (χ4n) is 2.19. The van der Waals surface area contributed by atoms with Crippen LogP contribution in [0.25, 0.3) is 0 Å². The minimum atomic E-state index is -4.28. The maximum atomic E-state index is 12.5. The minimum Gasteiger partial charge on any atom is -0.480 e. The normalized spacial score (nSPS) is 12.6. The highest BCUT2D eigenvalue weighted by atomic mass is 32.2. The van der Waals surface area contributed by atoms with Crippen LogP contribution in [0.15, 0.2) is 53.4 Å². The summed E-state index contributed by atoms with van der Waals surface area (Å²) in [4.78, 5) is 21.5. The second-order valence-electron chi connectivity index (χ2n) is 5.85. The van der Waals surface area contributed by atoms with Crippen molar-refractivity contribution in [3.05, 3.63) is 54.1 Å². The molecule has 0 fully saturated rings. The smallest absolute Gasteiger partial charge is 0.329 e. The molecule has 0 amide bonds. The van der Waals surface area contributed by atoms with Crippen molar-refractivity contribution in [2.45, 2.75) is 30.7 Å². The number of benzene rings is 2. The van der Waals surface area contributed by atoms with Gasteiger partial charge in [0.15, 0.2) is 6.04 Å². The molecule has 2 aromatic rings. The van der Waals surface area contributed by atoms with E-state index in [9.17, 15) is 18.0 Å². The number of rotatable bonds is 8. The van der Waals surface area contributed by atoms with Crippen LogP contribution in [0.5, 0.6) is 11.5 Å². The summed E-state index contributed by atoms with van der Waals surface area (Å²) in [5.41, 5.74) is 1.02. The van der Waals surface area contributed by atoms with Crippen LogP contribution >= 0.6 is 0 Å². The van der Waals surface area contributed by atoms with E-state index in [-0.39, 0.29) is 22.8 Å². The molecule has 26 heavy (non-hydrogen) atoms. The van der Waals surface area contributed by atoms with Crippen LogP contribution in [0.2, 0.25) is 0 Å². The third-order valence-electron chi connectivity index (χ3n) is 3.58. The first kappa shape index (κ1) is 19.6. The van der Waals surface area contributed by atoms with Gasteiger partial charge in [-0.2, -0.15) is 4.72 Å². The van der Waals surface area contributed by atoms with E-state index in [2.05, 4.69) is 0 Å². The van der Waals surface area contributed by atoms with E-state index >= 15 is 0 Å². The Morgan fingerprint density at radius 3 is 2.46 bits per heavy atom. The van der Waals surface area contributed by atoms with Crippen molar-refractivity contribution in [1.82, 2.24) is 4.72 Å². The van der Waals surface area contributed by atoms with Crippen molar-refractivity contribution < 1.29 is 27.9 Å². The Balaban J connectivity index is 2.37. The number of hydrogen-bond donors (Lipinski definition) is 2. The molecule has 2 N–H and O–H groups in total. The van der Waals surface area contributed by atoms with Crippen LogP contribution in [-0.2, 0) is 19.6 Å². The fourth-order valence-corrected chi connectivity index (χ4v) is 3.44. The van der Waals surface area contributed by atoms with Gasteiger partial charge >= 0.3 is 5.97 Å². The molecule has 0 bridgehead atoms. The second kappa shape index (κ2) is 8.11. The maximum absolute atomic E-state index is 12.5. The Morgan fingerprint density at radius 2 is 1.85 bits per heavy atom. The van der Waals surface area contributed by atoms with E-state index in [1.807, 2.05) is 24.6 Å². The number of carbonyl (C=O) groups is 2. The van der Waals surface area contributed by atoms with Crippen LogP contribution in [0, 0.1) is 0 Å². The quantitative estimate of drug-likeness (QED) is 0.540. The van der Waals surface area contributed by atoms with Crippen LogP contribution in [-0.4, -0.2) is 31.8 Å². The van der Waals surface area contributed by atoms with Gasteiger partial charge in [0.1, 0.15) is 22.7 Å². The van der Waals surface area contributed by atoms with Gasteiger partial charge in [0.2, 0.25) is 10.0 Å². The zero-order chi connectivity index (χ0) is 19.3. The van der Waals surface area contributed by atoms with Gasteiger partial charge in [-0.05, 0) is 35.7 Å². The Hall–Kier alpha value is -2.71. The molecule has 0 aliphatic heterocycles. The lowest BCUT2D eigenvalue weighted by atomic mass is 10.0. The molecule has 0 saturated heterocycles. The first-order valence-corrected chi connectivity index (χ1v) is 9.30. The number of sulfonamides is 1. The molecule has 0 unspecified atom stereocenters. The molecule has 2 aromatic carbocycles. The molecule has 0 aliphatic rings. The van der Waals surface area contributed by atoms with E-state index in [1.165, 1.54) is 18.2 Å². The number of ether oxygens (including phenoxy) is 1. The van der Waals surface area contributed by atoms with E-state index < -0.39 is 22.0 Å². The molecule has 138 valence electrons. The summed E-state index contributed by atoms with van der Waals surface area (Å²) in [6.07, 6.45) is 0.00939. The van der Waals surface area contributed by atoms with Gasteiger partial charge in [0, 0.05) is 0 Å². The van der Waals surface area contributed by atoms with Gasteiger partial charge in [-0.15, -0.1) is 0 Å². The van der Waals surface area contributed by atoms with Crippen LogP contribution < -0.4 is 9.46 Å². The number of carboxylic acids is 1. The molecule has 8 heteroatoms. The number of aliphatic carboxylic acids is 1. The zero-order valence-electron chi connectivity index (χ0n) is 14.2. The summed E-state index contributed by atoms with van der Waals surface area (Å²) in [6.45, 7) is 4.04. The van der Waals surface area contributed by atoms with Crippen molar-refractivity contribution in [1.29, 1.82) is 0 Å². The lowest BCUT2D eigenvalue weighted by Gasteiger charge is -2.14. The van der Waals surface area contributed by atoms with Crippen LogP contribution in [0.4, 0.5) is 0 Å². The average Bonchev–Trinajstić information content (AvgIpc) is 2.60. The molecule has 7 nitrogen and oxygen atoms in total. The predicted molar refractivity (Wildman–Crippen MR) is 94.9 cm³/mol. The summed E-state index contributed by atoms with van der Waals surface area (Å²) in [5.74, 6) is -0.852. The highest BCUT2D eigenvalue weighted by Gasteiger charge is 2.27. The number of carboxylic acid groups (broad SMARTS) is 1. The lowest BCUT2D eigenvalue weighted by molar-refractivity contribution is -0.140. The van der Waals surface area contributed by atoms with Crippen molar-refractivity contribution >= 4 is 22.3 Å². The van der Waals surface area contributed by atoms with Gasteiger partial charge in [-0.1, -0.05) is 38.1 Å². The SMILES string of the molecule is CC(C)c1cccc(Oc2ccccc2S(=O)(=O)N[C@H](C=O)C(=O)O)c1. The van der Waals surface area contributed by atoms with Crippen LogP contribution in [0.3, 0.4) is 0 Å². The molecule has 0 saturated carbocycles. The Morgan fingerprint density at radius 1 is 1.15 bits per heavy atom. The Bertz CT molecular complexity index is 907. The largest absolute Gasteiger partial charge is 0.480 e. The topological polar surface area (TPSA) is 110 Å². The van der Waals surface area contributed by atoms with Gasteiger partial charge in [-0.3, -0.25) is 4.79 Å². The molecule has 0 radical (unpaired) electrons. The summed E-state index contributed by atoms with van der Waals surface area (Å²) in [6, 6.07) is 11.1. The Labute approximate surface area is 151 Å². The highest BCUT2D eigenvalue weighted by molar-refractivity contribution is 7.89. The molecule has 0 heterocycles. The van der Waals surface area contributed by atoms with Crippen molar-refractivity contribution in [3.8, 4) is 11.5 Å². The van der Waals surface area contributed by atoms with E-state index in [4.69, 9.17) is 9.84 Å². The molecular weight excluding hydrogens is 358 g/mol. The van der Waals surface area contributed by atoms with E-state index in [0.717, 1.165) is 5.56 Å². The number of para-hydroxylation sites is 1. The van der Waals surface area contributed by atoms with E-state index in [1.54, 1.807) is 24.3 Å². The van der Waals surface area contributed by atoms with Crippen LogP contribution in [0.1, 0.15) is 25.3 Å². The van der Waals surface area contributed by atoms with Crippen molar-refractivity contribution in [2.75, 3.05) is 0 Å². The third-order valence-corrected chi connectivity index (χ3v) is 5.06. The first-order valence-electron chi connectivity index (χ1n) is 7.82. The maximum Gasteiger partial charge on any atom is 0.329 e. The summed E-state index contributed by atoms with van der Waals surface area (Å²) in [5, 5.41) is 8.88. The molecule has 0 aromatic heterocycles. The third kappa shape index (κ3) is 4.68. The molecule has 0 spiro atoms. The fraction of sp³-hybridized carbons (Fsp3) is 0.222. The number of aldehydes is 1. The molecular formula is C18H19NO6S. The zero-order valence-corrected chi connectivity index (χ0v) is 15.1. The number of hydrogen-bond acceptors (Lipinski definition) is 5. The van der Waals surface area contributed by atoms with Gasteiger partial charge in [0.25, 0.3) is 0 Å². The van der Waals surface area contributed by atoms with E-state index in [0.29, 0.717) is 5.75 Å².